The van der Waals surface area contributed by atoms with E-state index in [2.05, 4.69) is 47.9 Å². The lowest BCUT2D eigenvalue weighted by Gasteiger charge is -2.38. The highest BCUT2D eigenvalue weighted by atomic mass is 16.6. The molecule has 4 heterocycles. The maximum atomic E-state index is 14.1. The number of rotatable bonds is 9. The summed E-state index contributed by atoms with van der Waals surface area (Å²) in [4.78, 5) is 46.3. The van der Waals surface area contributed by atoms with E-state index >= 15 is 0 Å². The fourth-order valence-electron chi connectivity index (χ4n) is 7.38. The molecule has 2 aliphatic heterocycles. The number of para-hydroxylation sites is 1. The Morgan fingerprint density at radius 1 is 0.979 bits per heavy atom. The highest BCUT2D eigenvalue weighted by Gasteiger charge is 2.36. The molecule has 1 unspecified atom stereocenters. The second-order valence-corrected chi connectivity index (χ2v) is 12.7. The Labute approximate surface area is 275 Å². The van der Waals surface area contributed by atoms with E-state index in [1.165, 1.54) is 0 Å². The third-order valence-corrected chi connectivity index (χ3v) is 9.87. The van der Waals surface area contributed by atoms with Gasteiger partial charge in [0.15, 0.2) is 0 Å². The standard InChI is InChI=1S/C37H44N4O6/c1-4-47-37(45)40-19-17-39(18-20-40)36(44)34(28-15-21-46-22-16-28)27-11-9-26(10-12-27)23-41-31-8-6-5-7-30(31)33-24(2)29(13-14-32(42)43)25(3)38-35(33)41/h5-12,28,34H,4,13-23H2,1-3H3,(H,42,43). The molecule has 0 aliphatic carbocycles. The third kappa shape index (κ3) is 6.70. The molecule has 0 bridgehead atoms. The van der Waals surface area contributed by atoms with E-state index in [4.69, 9.17) is 14.5 Å². The molecule has 0 spiro atoms. The van der Waals surface area contributed by atoms with Gasteiger partial charge in [0.1, 0.15) is 5.65 Å². The Kier molecular flexibility index (Phi) is 9.77. The first-order chi connectivity index (χ1) is 22.8. The summed E-state index contributed by atoms with van der Waals surface area (Å²) in [7, 11) is 0. The number of aromatic nitrogens is 2. The maximum absolute atomic E-state index is 14.1. The Morgan fingerprint density at radius 2 is 1.66 bits per heavy atom. The van der Waals surface area contributed by atoms with Crippen LogP contribution < -0.4 is 0 Å². The van der Waals surface area contributed by atoms with E-state index < -0.39 is 5.97 Å². The number of pyridine rings is 1. The molecule has 2 aliphatic rings. The Morgan fingerprint density at radius 3 is 2.34 bits per heavy atom. The second-order valence-electron chi connectivity index (χ2n) is 12.7. The SMILES string of the molecule is CCOC(=O)N1CCN(C(=O)C(c2ccc(Cn3c4ccccc4c4c(C)c(CCC(=O)O)c(C)nc43)cc2)C2CCOCC2)CC1. The lowest BCUT2D eigenvalue weighted by molar-refractivity contribution is -0.137. The summed E-state index contributed by atoms with van der Waals surface area (Å²) in [6.45, 7) is 10.0. The zero-order chi connectivity index (χ0) is 33.1. The number of amides is 2. The predicted molar refractivity (Wildman–Crippen MR) is 180 cm³/mol. The van der Waals surface area contributed by atoms with Crippen LogP contribution in [0.15, 0.2) is 48.5 Å². The predicted octanol–water partition coefficient (Wildman–Crippen LogP) is 5.68. The van der Waals surface area contributed by atoms with Crippen LogP contribution in [0.3, 0.4) is 0 Å². The molecule has 47 heavy (non-hydrogen) atoms. The first-order valence-electron chi connectivity index (χ1n) is 16.7. The number of piperazine rings is 1. The van der Waals surface area contributed by atoms with Crippen LogP contribution in [0.4, 0.5) is 4.79 Å². The summed E-state index contributed by atoms with van der Waals surface area (Å²) < 4.78 is 13.1. The van der Waals surface area contributed by atoms with Gasteiger partial charge in [-0.1, -0.05) is 42.5 Å². The van der Waals surface area contributed by atoms with Crippen molar-refractivity contribution in [3.63, 3.8) is 0 Å². The maximum Gasteiger partial charge on any atom is 0.409 e. The Hall–Kier alpha value is -4.44. The molecule has 10 heteroatoms. The van der Waals surface area contributed by atoms with Crippen LogP contribution in [0.1, 0.15) is 60.1 Å². The van der Waals surface area contributed by atoms with E-state index in [9.17, 15) is 19.5 Å². The van der Waals surface area contributed by atoms with E-state index in [0.717, 1.165) is 62.7 Å². The summed E-state index contributed by atoms with van der Waals surface area (Å²) in [5, 5.41) is 11.5. The normalized spacial score (nSPS) is 16.5. The first-order valence-corrected chi connectivity index (χ1v) is 16.7. The van der Waals surface area contributed by atoms with Gasteiger partial charge in [0.05, 0.1) is 18.0 Å². The van der Waals surface area contributed by atoms with Crippen molar-refractivity contribution in [3.8, 4) is 0 Å². The molecular formula is C37H44N4O6. The molecule has 1 atom stereocenters. The molecular weight excluding hydrogens is 596 g/mol. The van der Waals surface area contributed by atoms with E-state index in [0.29, 0.717) is 59.0 Å². The number of ether oxygens (including phenoxy) is 2. The number of nitrogens with zero attached hydrogens (tertiary/aromatic N) is 4. The van der Waals surface area contributed by atoms with Gasteiger partial charge in [0.25, 0.3) is 0 Å². The van der Waals surface area contributed by atoms with Crippen molar-refractivity contribution in [1.82, 2.24) is 19.4 Å². The molecule has 2 amide bonds. The minimum atomic E-state index is -0.813. The van der Waals surface area contributed by atoms with Gasteiger partial charge in [-0.2, -0.15) is 0 Å². The molecule has 0 saturated carbocycles. The smallest absolute Gasteiger partial charge is 0.409 e. The summed E-state index contributed by atoms with van der Waals surface area (Å²) in [6, 6.07) is 16.7. The molecule has 1 N–H and O–H groups in total. The highest BCUT2D eigenvalue weighted by Crippen LogP contribution is 2.36. The zero-order valence-corrected chi connectivity index (χ0v) is 27.5. The molecule has 6 rings (SSSR count). The minimum Gasteiger partial charge on any atom is -0.481 e. The molecule has 4 aromatic rings. The van der Waals surface area contributed by atoms with Crippen molar-refractivity contribution in [2.24, 2.45) is 5.92 Å². The van der Waals surface area contributed by atoms with Gasteiger partial charge in [-0.05, 0) is 74.3 Å². The largest absolute Gasteiger partial charge is 0.481 e. The number of hydrogen-bond donors (Lipinski definition) is 1. The minimum absolute atomic E-state index is 0.0705. The van der Waals surface area contributed by atoms with Crippen LogP contribution in [-0.4, -0.2) is 88.4 Å². The zero-order valence-electron chi connectivity index (χ0n) is 27.5. The van der Waals surface area contributed by atoms with E-state index in [-0.39, 0.29) is 30.3 Å². The van der Waals surface area contributed by atoms with Crippen molar-refractivity contribution in [2.45, 2.75) is 58.9 Å². The molecule has 0 radical (unpaired) electrons. The number of hydrogen-bond acceptors (Lipinski definition) is 6. The summed E-state index contributed by atoms with van der Waals surface area (Å²) in [6.07, 6.45) is 1.87. The van der Waals surface area contributed by atoms with Crippen molar-refractivity contribution >= 4 is 39.9 Å². The Bertz CT molecular complexity index is 1770. The number of aryl methyl sites for hydroxylation is 2. The van der Waals surface area contributed by atoms with Gasteiger partial charge in [0, 0.05) is 68.8 Å². The number of carbonyl (C=O) groups excluding carboxylic acids is 2. The van der Waals surface area contributed by atoms with Gasteiger partial charge in [0.2, 0.25) is 5.91 Å². The van der Waals surface area contributed by atoms with Crippen molar-refractivity contribution in [2.75, 3.05) is 46.0 Å². The van der Waals surface area contributed by atoms with Crippen LogP contribution in [-0.2, 0) is 32.0 Å². The number of carboxylic acid groups (broad SMARTS) is 1. The van der Waals surface area contributed by atoms with Crippen LogP contribution in [0.2, 0.25) is 0 Å². The van der Waals surface area contributed by atoms with Crippen LogP contribution >= 0.6 is 0 Å². The summed E-state index contributed by atoms with van der Waals surface area (Å²) in [5.74, 6) is -0.781. The topological polar surface area (TPSA) is 114 Å². The van der Waals surface area contributed by atoms with Gasteiger partial charge in [-0.15, -0.1) is 0 Å². The van der Waals surface area contributed by atoms with Gasteiger partial charge in [-0.25, -0.2) is 9.78 Å². The average molecular weight is 641 g/mol. The molecule has 248 valence electrons. The molecule has 2 fully saturated rings. The summed E-state index contributed by atoms with van der Waals surface area (Å²) in [5.41, 5.74) is 7.02. The van der Waals surface area contributed by atoms with Crippen molar-refractivity contribution in [3.05, 3.63) is 76.5 Å². The molecule has 2 aromatic carbocycles. The quantitative estimate of drug-likeness (QED) is 0.250. The summed E-state index contributed by atoms with van der Waals surface area (Å²) >= 11 is 0. The van der Waals surface area contributed by atoms with E-state index in [1.807, 2.05) is 24.0 Å². The first kappa shape index (κ1) is 32.5. The van der Waals surface area contributed by atoms with Crippen LogP contribution in [0, 0.1) is 19.8 Å². The average Bonchev–Trinajstić information content (AvgIpc) is 3.38. The van der Waals surface area contributed by atoms with Gasteiger partial charge < -0.3 is 28.9 Å². The second kappa shape index (κ2) is 14.1. The number of carboxylic acids is 1. The fraction of sp³-hybridized carbons (Fsp3) is 0.459. The molecule has 2 aromatic heterocycles. The third-order valence-electron chi connectivity index (χ3n) is 9.87. The number of fused-ring (bicyclic) bond motifs is 3. The van der Waals surface area contributed by atoms with Crippen LogP contribution in [0.25, 0.3) is 21.9 Å². The molecule has 10 nitrogen and oxygen atoms in total. The lowest BCUT2D eigenvalue weighted by Crippen LogP contribution is -2.52. The highest BCUT2D eigenvalue weighted by molar-refractivity contribution is 6.08. The van der Waals surface area contributed by atoms with Crippen molar-refractivity contribution < 1.29 is 29.0 Å². The molecule has 2 saturated heterocycles. The van der Waals surface area contributed by atoms with Crippen molar-refractivity contribution in [1.29, 1.82) is 0 Å². The van der Waals surface area contributed by atoms with Gasteiger partial charge >= 0.3 is 12.1 Å². The van der Waals surface area contributed by atoms with Crippen LogP contribution in [0.5, 0.6) is 0 Å². The lowest BCUT2D eigenvalue weighted by atomic mass is 9.80. The van der Waals surface area contributed by atoms with Gasteiger partial charge in [-0.3, -0.25) is 9.59 Å². The Balaban J connectivity index is 1.28. The number of aliphatic carboxylic acids is 1. The fourth-order valence-corrected chi connectivity index (χ4v) is 7.38. The van der Waals surface area contributed by atoms with E-state index in [1.54, 1.807) is 11.8 Å². The number of carbonyl (C=O) groups is 3. The number of benzene rings is 2. The monoisotopic (exact) mass is 640 g/mol.